The largest absolute Gasteiger partial charge is 0.478 e. The molecule has 0 aliphatic rings. The Hall–Kier alpha value is -0.870. The second-order valence-corrected chi connectivity index (χ2v) is 3.96. The lowest BCUT2D eigenvalue weighted by molar-refractivity contribution is -0.131. The molecule has 4 heteroatoms. The average molecular weight is 218 g/mol. The van der Waals surface area contributed by atoms with Gasteiger partial charge in [0.05, 0.1) is 11.7 Å². The van der Waals surface area contributed by atoms with Gasteiger partial charge in [-0.05, 0) is 20.3 Å². The SMILES string of the molecule is C=CC(=O)O.CCC(O)C(C)C(C)(C)O. The molecule has 0 saturated carbocycles. The molecule has 2 atom stereocenters. The van der Waals surface area contributed by atoms with E-state index in [9.17, 15) is 15.0 Å². The summed E-state index contributed by atoms with van der Waals surface area (Å²) in [5.74, 6) is -1.04. The van der Waals surface area contributed by atoms with Crippen LogP contribution in [0, 0.1) is 5.92 Å². The van der Waals surface area contributed by atoms with Gasteiger partial charge < -0.3 is 15.3 Å². The summed E-state index contributed by atoms with van der Waals surface area (Å²) < 4.78 is 0. The zero-order chi connectivity index (χ0) is 12.6. The zero-order valence-corrected chi connectivity index (χ0v) is 9.90. The van der Waals surface area contributed by atoms with Gasteiger partial charge >= 0.3 is 5.97 Å². The lowest BCUT2D eigenvalue weighted by Crippen LogP contribution is -2.36. The molecular weight excluding hydrogens is 196 g/mol. The minimum Gasteiger partial charge on any atom is -0.478 e. The van der Waals surface area contributed by atoms with Crippen molar-refractivity contribution in [1.82, 2.24) is 0 Å². The minimum absolute atomic E-state index is 0.0579. The second kappa shape index (κ2) is 7.43. The maximum atomic E-state index is 9.43. The van der Waals surface area contributed by atoms with E-state index in [1.165, 1.54) is 0 Å². The number of hydrogen-bond acceptors (Lipinski definition) is 3. The normalized spacial score (nSPS) is 14.5. The lowest BCUT2D eigenvalue weighted by Gasteiger charge is -2.29. The molecule has 0 amide bonds. The van der Waals surface area contributed by atoms with E-state index in [2.05, 4.69) is 6.58 Å². The first-order valence-corrected chi connectivity index (χ1v) is 4.92. The van der Waals surface area contributed by atoms with Crippen LogP contribution in [0.15, 0.2) is 12.7 Å². The molecule has 0 saturated heterocycles. The van der Waals surface area contributed by atoms with Gasteiger partial charge in [-0.2, -0.15) is 0 Å². The highest BCUT2D eigenvalue weighted by Gasteiger charge is 2.27. The van der Waals surface area contributed by atoms with Gasteiger partial charge in [0.1, 0.15) is 0 Å². The molecule has 2 unspecified atom stereocenters. The van der Waals surface area contributed by atoms with Crippen molar-refractivity contribution in [3.05, 3.63) is 12.7 Å². The summed E-state index contributed by atoms with van der Waals surface area (Å²) in [7, 11) is 0. The molecule has 0 aromatic rings. The number of carboxylic acid groups (broad SMARTS) is 1. The Bertz CT molecular complexity index is 193. The highest BCUT2D eigenvalue weighted by molar-refractivity contribution is 5.78. The van der Waals surface area contributed by atoms with Crippen molar-refractivity contribution in [3.63, 3.8) is 0 Å². The molecule has 0 rings (SSSR count). The molecule has 0 bridgehead atoms. The summed E-state index contributed by atoms with van der Waals surface area (Å²) in [6, 6.07) is 0. The predicted octanol–water partition coefficient (Wildman–Crippen LogP) is 1.42. The highest BCUT2D eigenvalue weighted by atomic mass is 16.4. The molecule has 0 aromatic heterocycles. The van der Waals surface area contributed by atoms with E-state index < -0.39 is 11.6 Å². The van der Waals surface area contributed by atoms with Gasteiger partial charge in [-0.25, -0.2) is 4.79 Å². The predicted molar refractivity (Wildman–Crippen MR) is 59.6 cm³/mol. The Morgan fingerprint density at radius 1 is 1.53 bits per heavy atom. The summed E-state index contributed by atoms with van der Waals surface area (Å²) >= 11 is 0. The molecule has 4 nitrogen and oxygen atoms in total. The first kappa shape index (κ1) is 16.6. The van der Waals surface area contributed by atoms with Crippen molar-refractivity contribution in [2.45, 2.75) is 45.8 Å². The number of carboxylic acids is 1. The molecule has 90 valence electrons. The van der Waals surface area contributed by atoms with E-state index in [-0.39, 0.29) is 12.0 Å². The Balaban J connectivity index is 0. The number of rotatable bonds is 4. The maximum absolute atomic E-state index is 9.43. The van der Waals surface area contributed by atoms with Crippen LogP contribution in [0.3, 0.4) is 0 Å². The van der Waals surface area contributed by atoms with E-state index in [1.54, 1.807) is 13.8 Å². The first-order valence-electron chi connectivity index (χ1n) is 4.92. The zero-order valence-electron chi connectivity index (χ0n) is 9.90. The van der Waals surface area contributed by atoms with E-state index >= 15 is 0 Å². The van der Waals surface area contributed by atoms with Gasteiger partial charge in [0, 0.05) is 12.0 Å². The van der Waals surface area contributed by atoms with Crippen LogP contribution in [0.5, 0.6) is 0 Å². The number of aliphatic carboxylic acids is 1. The van der Waals surface area contributed by atoms with Crippen LogP contribution in [-0.4, -0.2) is 33.0 Å². The number of aliphatic hydroxyl groups excluding tert-OH is 1. The Labute approximate surface area is 91.2 Å². The monoisotopic (exact) mass is 218 g/mol. The minimum atomic E-state index is -0.981. The first-order chi connectivity index (χ1) is 6.66. The lowest BCUT2D eigenvalue weighted by atomic mass is 9.87. The quantitative estimate of drug-likeness (QED) is 0.624. The fraction of sp³-hybridized carbons (Fsp3) is 0.727. The van der Waals surface area contributed by atoms with Gasteiger partial charge in [0.2, 0.25) is 0 Å². The van der Waals surface area contributed by atoms with Crippen molar-refractivity contribution in [2.75, 3.05) is 0 Å². The van der Waals surface area contributed by atoms with Crippen LogP contribution in [0.2, 0.25) is 0 Å². The summed E-state index contributed by atoms with van der Waals surface area (Å²) in [5, 5.41) is 26.3. The van der Waals surface area contributed by atoms with Crippen LogP contribution < -0.4 is 0 Å². The van der Waals surface area contributed by atoms with Gasteiger partial charge in [0.15, 0.2) is 0 Å². The third-order valence-electron chi connectivity index (χ3n) is 2.28. The van der Waals surface area contributed by atoms with Crippen LogP contribution in [0.1, 0.15) is 34.1 Å². The number of carbonyl (C=O) groups is 1. The maximum Gasteiger partial charge on any atom is 0.327 e. The fourth-order valence-electron chi connectivity index (χ4n) is 0.824. The summed E-state index contributed by atoms with van der Waals surface area (Å²) in [6.07, 6.45) is 1.14. The van der Waals surface area contributed by atoms with Crippen LogP contribution in [0.4, 0.5) is 0 Å². The second-order valence-electron chi connectivity index (χ2n) is 3.96. The molecule has 3 N–H and O–H groups in total. The molecule has 0 radical (unpaired) electrons. The summed E-state index contributed by atoms with van der Waals surface area (Å²) in [6.45, 7) is 10.2. The van der Waals surface area contributed by atoms with E-state index in [0.29, 0.717) is 6.42 Å². The van der Waals surface area contributed by atoms with Gasteiger partial charge in [-0.3, -0.25) is 0 Å². The molecule has 0 aromatic carbocycles. The summed E-state index contributed by atoms with van der Waals surface area (Å²) in [4.78, 5) is 9.25. The van der Waals surface area contributed by atoms with Crippen molar-refractivity contribution in [2.24, 2.45) is 5.92 Å². The van der Waals surface area contributed by atoms with Crippen LogP contribution >= 0.6 is 0 Å². The third-order valence-corrected chi connectivity index (χ3v) is 2.28. The molecular formula is C11H22O4. The summed E-state index contributed by atoms with van der Waals surface area (Å²) in [5.41, 5.74) is -0.768. The smallest absolute Gasteiger partial charge is 0.327 e. The van der Waals surface area contributed by atoms with E-state index in [4.69, 9.17) is 5.11 Å². The van der Waals surface area contributed by atoms with Gasteiger partial charge in [0.25, 0.3) is 0 Å². The van der Waals surface area contributed by atoms with Crippen molar-refractivity contribution < 1.29 is 20.1 Å². The van der Waals surface area contributed by atoms with Crippen molar-refractivity contribution in [1.29, 1.82) is 0 Å². The van der Waals surface area contributed by atoms with E-state index in [0.717, 1.165) is 6.08 Å². The molecule has 0 aliphatic heterocycles. The van der Waals surface area contributed by atoms with Crippen molar-refractivity contribution >= 4 is 5.97 Å². The Morgan fingerprint density at radius 2 is 1.87 bits per heavy atom. The fourth-order valence-corrected chi connectivity index (χ4v) is 0.824. The molecule has 0 spiro atoms. The van der Waals surface area contributed by atoms with Crippen LogP contribution in [-0.2, 0) is 4.79 Å². The van der Waals surface area contributed by atoms with Gasteiger partial charge in [-0.15, -0.1) is 0 Å². The van der Waals surface area contributed by atoms with Crippen LogP contribution in [0.25, 0.3) is 0 Å². The molecule has 0 fully saturated rings. The average Bonchev–Trinajstić information content (AvgIpc) is 2.14. The third kappa shape index (κ3) is 9.43. The molecule has 15 heavy (non-hydrogen) atoms. The number of aliphatic hydroxyl groups is 2. The molecule has 0 heterocycles. The Kier molecular flexibility index (Phi) is 8.20. The molecule has 0 aliphatic carbocycles. The van der Waals surface area contributed by atoms with E-state index in [1.807, 2.05) is 13.8 Å². The standard InChI is InChI=1S/C8H18O2.C3H4O2/c1-5-7(9)6(2)8(3,4)10;1-2-3(4)5/h6-7,9-10H,5H2,1-4H3;2H,1H2,(H,4,5). The highest BCUT2D eigenvalue weighted by Crippen LogP contribution is 2.20. The van der Waals surface area contributed by atoms with Crippen molar-refractivity contribution in [3.8, 4) is 0 Å². The number of hydrogen-bond donors (Lipinski definition) is 3. The topological polar surface area (TPSA) is 77.8 Å². The Morgan fingerprint density at radius 3 is 1.93 bits per heavy atom. The van der Waals surface area contributed by atoms with Gasteiger partial charge in [-0.1, -0.05) is 20.4 Å².